The number of anilines is 1. The van der Waals surface area contributed by atoms with Crippen LogP contribution in [0, 0.1) is 0 Å². The molecule has 4 heterocycles. The topological polar surface area (TPSA) is 71.0 Å². The molecule has 0 unspecified atom stereocenters. The molecule has 1 N–H and O–H groups in total. The summed E-state index contributed by atoms with van der Waals surface area (Å²) < 4.78 is 39.9. The minimum Gasteiger partial charge on any atom is -0.348 e. The van der Waals surface area contributed by atoms with Gasteiger partial charge in [0.1, 0.15) is 4.88 Å². The van der Waals surface area contributed by atoms with Gasteiger partial charge in [0.15, 0.2) is 5.69 Å². The van der Waals surface area contributed by atoms with E-state index in [1.165, 1.54) is 0 Å². The summed E-state index contributed by atoms with van der Waals surface area (Å²) >= 11 is 0.507. The lowest BCUT2D eigenvalue weighted by Gasteiger charge is -2.17. The first-order valence-corrected chi connectivity index (χ1v) is 11.0. The molecule has 0 bridgehead atoms. The van der Waals surface area contributed by atoms with Crippen molar-refractivity contribution in [2.75, 3.05) is 18.4 Å². The van der Waals surface area contributed by atoms with Crippen molar-refractivity contribution in [2.24, 2.45) is 0 Å². The molecule has 10 heteroatoms. The molecule has 0 radical (unpaired) electrons. The molecule has 1 atom stereocenters. The van der Waals surface area contributed by atoms with Gasteiger partial charge < -0.3 is 10.2 Å². The zero-order valence-electron chi connectivity index (χ0n) is 17.5. The number of alkyl halides is 3. The van der Waals surface area contributed by atoms with Gasteiger partial charge in [0.25, 0.3) is 5.91 Å². The average Bonchev–Trinajstić information content (AvgIpc) is 3.44. The van der Waals surface area contributed by atoms with Crippen molar-refractivity contribution < 1.29 is 18.0 Å². The molecule has 0 aromatic carbocycles. The number of hydrogen-bond donors (Lipinski definition) is 1. The van der Waals surface area contributed by atoms with Gasteiger partial charge in [-0.2, -0.15) is 13.2 Å². The summed E-state index contributed by atoms with van der Waals surface area (Å²) in [5.74, 6) is -0.245. The smallest absolute Gasteiger partial charge is 0.348 e. The van der Waals surface area contributed by atoms with Crippen LogP contribution in [0.2, 0.25) is 0 Å². The number of nitrogens with one attached hydrogen (secondary N) is 1. The summed E-state index contributed by atoms with van der Waals surface area (Å²) in [5, 5.41) is 3.07. The third-order valence-electron chi connectivity index (χ3n) is 4.78. The van der Waals surface area contributed by atoms with Crippen LogP contribution in [0.15, 0.2) is 30.6 Å². The van der Waals surface area contributed by atoms with E-state index in [-0.39, 0.29) is 33.8 Å². The second-order valence-corrected chi connectivity index (χ2v) is 7.92. The summed E-state index contributed by atoms with van der Waals surface area (Å²) in [4.78, 5) is 26.4. The number of rotatable bonds is 4. The monoisotopic (exact) mass is 451 g/mol. The molecule has 0 saturated carbocycles. The van der Waals surface area contributed by atoms with Crippen LogP contribution in [-0.2, 0) is 6.18 Å². The standard InChI is InChI=1S/C19H18F3N5OS.C2H6/c1-11(12-5-4-6-23-10-12)24-18-25-13-9-14(19(20,21)22)29-16(13)15(26-18)17(28)27-7-2-3-8-27;1-2/h4-6,9-11H,2-3,7-8H2,1H3,(H,24,25,26);1-2H3/t11-;/m0./s1. The molecule has 4 rings (SSSR count). The number of pyridine rings is 1. The Kier molecular flexibility index (Phi) is 7.09. The van der Waals surface area contributed by atoms with Crippen LogP contribution in [0.4, 0.5) is 19.1 Å². The van der Waals surface area contributed by atoms with E-state index in [2.05, 4.69) is 20.3 Å². The minimum absolute atomic E-state index is 0.0123. The summed E-state index contributed by atoms with van der Waals surface area (Å²) in [6.07, 6.45) is 0.576. The maximum atomic E-state index is 13.2. The quantitative estimate of drug-likeness (QED) is 0.564. The Morgan fingerprint density at radius 3 is 2.55 bits per heavy atom. The molecule has 3 aromatic heterocycles. The SMILES string of the molecule is CC.C[C@H](Nc1nc(C(=O)N2CCCC2)c2sc(C(F)(F)F)cc2n1)c1cccnc1. The van der Waals surface area contributed by atoms with E-state index >= 15 is 0 Å². The van der Waals surface area contributed by atoms with Crippen LogP contribution in [0.25, 0.3) is 10.2 Å². The fraction of sp³-hybridized carbons (Fsp3) is 0.429. The predicted molar refractivity (Wildman–Crippen MR) is 115 cm³/mol. The van der Waals surface area contributed by atoms with E-state index < -0.39 is 11.1 Å². The zero-order chi connectivity index (χ0) is 22.6. The molecule has 1 aliphatic rings. The summed E-state index contributed by atoms with van der Waals surface area (Å²) in [7, 11) is 0. The predicted octanol–water partition coefficient (Wildman–Crippen LogP) is 5.54. The Morgan fingerprint density at radius 2 is 1.94 bits per heavy atom. The fourth-order valence-electron chi connectivity index (χ4n) is 3.26. The first kappa shape index (κ1) is 22.9. The van der Waals surface area contributed by atoms with Crippen molar-refractivity contribution in [1.82, 2.24) is 19.9 Å². The molecule has 31 heavy (non-hydrogen) atoms. The molecule has 0 spiro atoms. The lowest BCUT2D eigenvalue weighted by molar-refractivity contribution is -0.134. The van der Waals surface area contributed by atoms with Gasteiger partial charge in [-0.15, -0.1) is 11.3 Å². The maximum absolute atomic E-state index is 13.2. The molecule has 3 aromatic rings. The van der Waals surface area contributed by atoms with E-state index in [0.717, 1.165) is 24.5 Å². The van der Waals surface area contributed by atoms with Gasteiger partial charge in [-0.25, -0.2) is 9.97 Å². The third-order valence-corrected chi connectivity index (χ3v) is 5.95. The molecule has 0 aliphatic carbocycles. The highest BCUT2D eigenvalue weighted by Gasteiger charge is 2.35. The van der Waals surface area contributed by atoms with Crippen LogP contribution in [-0.4, -0.2) is 38.8 Å². The normalized spacial score (nSPS) is 14.8. The fourth-order valence-corrected chi connectivity index (χ4v) is 4.20. The number of hydrogen-bond acceptors (Lipinski definition) is 6. The highest BCUT2D eigenvalue weighted by atomic mass is 32.1. The van der Waals surface area contributed by atoms with Crippen LogP contribution >= 0.6 is 11.3 Å². The molecule has 6 nitrogen and oxygen atoms in total. The average molecular weight is 452 g/mol. The van der Waals surface area contributed by atoms with Gasteiger partial charge in [0, 0.05) is 25.5 Å². The lowest BCUT2D eigenvalue weighted by atomic mass is 10.1. The van der Waals surface area contributed by atoms with Gasteiger partial charge in [-0.1, -0.05) is 19.9 Å². The second kappa shape index (κ2) is 9.59. The van der Waals surface area contributed by atoms with E-state index in [4.69, 9.17) is 0 Å². The minimum atomic E-state index is -4.50. The van der Waals surface area contributed by atoms with E-state index in [9.17, 15) is 18.0 Å². The van der Waals surface area contributed by atoms with E-state index in [1.54, 1.807) is 23.4 Å². The maximum Gasteiger partial charge on any atom is 0.425 e. The number of likely N-dealkylation sites (tertiary alicyclic amines) is 1. The third kappa shape index (κ3) is 5.12. The van der Waals surface area contributed by atoms with Crippen molar-refractivity contribution in [1.29, 1.82) is 0 Å². The van der Waals surface area contributed by atoms with Crippen molar-refractivity contribution in [3.63, 3.8) is 0 Å². The van der Waals surface area contributed by atoms with E-state index in [1.807, 2.05) is 26.8 Å². The summed E-state index contributed by atoms with van der Waals surface area (Å²) in [5.41, 5.74) is 0.990. The molecule has 1 saturated heterocycles. The Labute approximate surface area is 182 Å². The van der Waals surface area contributed by atoms with E-state index in [0.29, 0.717) is 24.4 Å². The molecule has 1 amide bonds. The molecular weight excluding hydrogens is 427 g/mol. The molecule has 1 fully saturated rings. The largest absolute Gasteiger partial charge is 0.425 e. The van der Waals surface area contributed by atoms with Gasteiger partial charge in [0.05, 0.1) is 16.3 Å². The van der Waals surface area contributed by atoms with Crippen LogP contribution in [0.3, 0.4) is 0 Å². The number of fused-ring (bicyclic) bond motifs is 1. The number of carbonyl (C=O) groups is 1. The van der Waals surface area contributed by atoms with Crippen molar-refractivity contribution >= 4 is 33.4 Å². The number of amides is 1. The van der Waals surface area contributed by atoms with Gasteiger partial charge >= 0.3 is 6.18 Å². The highest BCUT2D eigenvalue weighted by molar-refractivity contribution is 7.19. The second-order valence-electron chi connectivity index (χ2n) is 6.87. The number of halogens is 3. The lowest BCUT2D eigenvalue weighted by Crippen LogP contribution is -2.28. The van der Waals surface area contributed by atoms with Gasteiger partial charge in [-0.05, 0) is 37.5 Å². The van der Waals surface area contributed by atoms with Crippen molar-refractivity contribution in [3.05, 3.63) is 46.7 Å². The Morgan fingerprint density at radius 1 is 1.23 bits per heavy atom. The number of aromatic nitrogens is 3. The first-order valence-electron chi connectivity index (χ1n) is 10.2. The zero-order valence-corrected chi connectivity index (χ0v) is 18.3. The molecular formula is C21H24F3N5OS. The van der Waals surface area contributed by atoms with Crippen LogP contribution in [0.5, 0.6) is 0 Å². The highest BCUT2D eigenvalue weighted by Crippen LogP contribution is 2.39. The summed E-state index contributed by atoms with van der Waals surface area (Å²) in [6, 6.07) is 4.39. The molecule has 166 valence electrons. The van der Waals surface area contributed by atoms with Crippen molar-refractivity contribution in [2.45, 2.75) is 45.8 Å². The molecule has 1 aliphatic heterocycles. The Bertz CT molecular complexity index is 1030. The van der Waals surface area contributed by atoms with Gasteiger partial charge in [0.2, 0.25) is 5.95 Å². The number of nitrogens with zero attached hydrogens (tertiary/aromatic N) is 4. The number of carbonyl (C=O) groups excluding carboxylic acids is 1. The first-order chi connectivity index (χ1) is 14.8. The number of thiophene rings is 1. The van der Waals surface area contributed by atoms with Crippen molar-refractivity contribution in [3.8, 4) is 0 Å². The Balaban J connectivity index is 0.00000132. The summed E-state index contributed by atoms with van der Waals surface area (Å²) in [6.45, 7) is 7.02. The van der Waals surface area contributed by atoms with Crippen LogP contribution in [0.1, 0.15) is 60.6 Å². The van der Waals surface area contributed by atoms with Crippen LogP contribution < -0.4 is 5.32 Å². The van der Waals surface area contributed by atoms with Gasteiger partial charge in [-0.3, -0.25) is 9.78 Å². The Hall–Kier alpha value is -2.75.